The molecule has 0 atom stereocenters. The SMILES string of the molecule is C/C=C/c1ccc(CC)cc1.CC.CC.CC.CCCCNC(=O)C/C=C/COc1ccc(C)c(F)c1.Nc1cc(C(=O)O)ccc1NC1CCCCC1. The number of hydrogen-bond donors (Lipinski definition) is 4. The highest BCUT2D eigenvalue weighted by atomic mass is 19.1. The molecule has 3 aromatic carbocycles. The third kappa shape index (κ3) is 23.9. The van der Waals surface area contributed by atoms with Crippen LogP contribution in [0.1, 0.15) is 141 Å². The molecule has 1 amide bonds. The Morgan fingerprint density at radius 3 is 2.09 bits per heavy atom. The molecule has 0 heterocycles. The predicted molar refractivity (Wildman–Crippen MR) is 231 cm³/mol. The number of carboxylic acid groups (broad SMARTS) is 1. The molecule has 302 valence electrons. The standard InChI is InChI=1S/C16H22FNO2.C13H18N2O2.C11H14.3C2H6/c1-3-4-10-18-16(19)7-5-6-11-20-14-9-8-13(2)15(17)12-14;14-11-8-9(13(16)17)6-7-12(11)15-10-4-2-1-3-5-10;1-3-5-11-8-6-10(4-2)7-9-11;3*1-2/h5-6,8-9,12H,3-4,7,10-11H2,1-2H3,(H,18,19);6-8,10,15H,1-5,14H2,(H,16,17);3,5-9H,4H2,1-2H3;3*1-2H3/b6-5+;;5-3+;;;. The molecular weight excluding hydrogens is 678 g/mol. The van der Waals surface area contributed by atoms with Gasteiger partial charge in [-0.15, -0.1) is 0 Å². The number of amides is 1. The molecule has 0 saturated heterocycles. The number of ether oxygens (including phenoxy) is 1. The minimum absolute atomic E-state index is 0.0103. The van der Waals surface area contributed by atoms with Crippen LogP contribution in [0.15, 0.2) is 78.9 Å². The maximum atomic E-state index is 13.3. The van der Waals surface area contributed by atoms with E-state index in [1.807, 2.05) is 48.5 Å². The van der Waals surface area contributed by atoms with Gasteiger partial charge in [0.15, 0.2) is 0 Å². The zero-order chi connectivity index (χ0) is 41.1. The van der Waals surface area contributed by atoms with Gasteiger partial charge in [0, 0.05) is 25.1 Å². The van der Waals surface area contributed by atoms with Crippen molar-refractivity contribution in [1.82, 2.24) is 5.32 Å². The van der Waals surface area contributed by atoms with Crippen LogP contribution in [-0.2, 0) is 11.2 Å². The summed E-state index contributed by atoms with van der Waals surface area (Å²) in [5, 5.41) is 15.1. The summed E-state index contributed by atoms with van der Waals surface area (Å²) in [4.78, 5) is 22.2. The first-order chi connectivity index (χ1) is 26.2. The summed E-state index contributed by atoms with van der Waals surface area (Å²) in [5.41, 5.74) is 10.7. The normalized spacial score (nSPS) is 11.8. The van der Waals surface area contributed by atoms with Gasteiger partial charge in [0.1, 0.15) is 18.2 Å². The maximum Gasteiger partial charge on any atom is 0.335 e. The average molecular weight is 750 g/mol. The molecule has 0 spiro atoms. The van der Waals surface area contributed by atoms with Gasteiger partial charge in [0.05, 0.1) is 16.9 Å². The van der Waals surface area contributed by atoms with Gasteiger partial charge in [-0.2, -0.15) is 0 Å². The van der Waals surface area contributed by atoms with Crippen molar-refractivity contribution in [2.75, 3.05) is 24.2 Å². The molecule has 4 rings (SSSR count). The fourth-order valence-electron chi connectivity index (χ4n) is 4.89. The Balaban J connectivity index is 0. The molecule has 1 saturated carbocycles. The maximum absolute atomic E-state index is 13.3. The zero-order valence-corrected chi connectivity index (χ0v) is 35.1. The average Bonchev–Trinajstić information content (AvgIpc) is 3.20. The number of benzene rings is 3. The summed E-state index contributed by atoms with van der Waals surface area (Å²) in [6.07, 6.45) is 17.4. The number of hydrogen-bond acceptors (Lipinski definition) is 5. The zero-order valence-electron chi connectivity index (χ0n) is 35.1. The molecule has 1 aliphatic rings. The molecule has 0 radical (unpaired) electrons. The van der Waals surface area contributed by atoms with E-state index in [0.29, 0.717) is 36.1 Å². The van der Waals surface area contributed by atoms with E-state index in [9.17, 15) is 14.0 Å². The van der Waals surface area contributed by atoms with Gasteiger partial charge in [-0.1, -0.05) is 136 Å². The molecule has 0 unspecified atom stereocenters. The van der Waals surface area contributed by atoms with E-state index in [1.54, 1.807) is 43.3 Å². The van der Waals surface area contributed by atoms with Crippen molar-refractivity contribution in [3.63, 3.8) is 0 Å². The first kappa shape index (κ1) is 51.5. The van der Waals surface area contributed by atoms with Gasteiger partial charge in [-0.25, -0.2) is 9.18 Å². The van der Waals surface area contributed by atoms with Crippen LogP contribution < -0.4 is 21.1 Å². The molecule has 1 fully saturated rings. The van der Waals surface area contributed by atoms with Crippen molar-refractivity contribution in [3.8, 4) is 5.75 Å². The Kier molecular flexibility index (Phi) is 32.6. The third-order valence-corrected chi connectivity index (χ3v) is 7.82. The highest BCUT2D eigenvalue weighted by molar-refractivity contribution is 5.90. The van der Waals surface area contributed by atoms with Crippen molar-refractivity contribution < 1.29 is 23.8 Å². The lowest BCUT2D eigenvalue weighted by Gasteiger charge is -2.24. The number of rotatable bonds is 13. The van der Waals surface area contributed by atoms with E-state index < -0.39 is 5.97 Å². The summed E-state index contributed by atoms with van der Waals surface area (Å²) in [6, 6.07) is 18.7. The molecule has 7 nitrogen and oxygen atoms in total. The van der Waals surface area contributed by atoms with Gasteiger partial charge in [0.25, 0.3) is 0 Å². The van der Waals surface area contributed by atoms with Crippen molar-refractivity contribution in [1.29, 1.82) is 0 Å². The van der Waals surface area contributed by atoms with Gasteiger partial charge < -0.3 is 26.2 Å². The number of carbonyl (C=O) groups excluding carboxylic acids is 1. The van der Waals surface area contributed by atoms with Crippen LogP contribution >= 0.6 is 0 Å². The molecule has 1 aliphatic carbocycles. The summed E-state index contributed by atoms with van der Waals surface area (Å²) in [6.45, 7) is 21.0. The minimum Gasteiger partial charge on any atom is -0.489 e. The Labute approximate surface area is 327 Å². The lowest BCUT2D eigenvalue weighted by atomic mass is 9.95. The lowest BCUT2D eigenvalue weighted by molar-refractivity contribution is -0.120. The van der Waals surface area contributed by atoms with Gasteiger partial charge in [0.2, 0.25) is 5.91 Å². The quantitative estimate of drug-likeness (QED) is 0.0786. The Morgan fingerprint density at radius 1 is 0.907 bits per heavy atom. The molecular formula is C46H72FN3O4. The Hall–Kier alpha value is -4.59. The van der Waals surface area contributed by atoms with Gasteiger partial charge >= 0.3 is 5.97 Å². The first-order valence-electron chi connectivity index (χ1n) is 20.1. The molecule has 0 bridgehead atoms. The number of carboxylic acids is 1. The molecule has 54 heavy (non-hydrogen) atoms. The monoisotopic (exact) mass is 750 g/mol. The van der Waals surface area contributed by atoms with Crippen molar-refractivity contribution in [3.05, 3.63) is 107 Å². The van der Waals surface area contributed by atoms with E-state index in [-0.39, 0.29) is 17.3 Å². The molecule has 3 aromatic rings. The number of halogens is 1. The highest BCUT2D eigenvalue weighted by Crippen LogP contribution is 2.26. The molecule has 5 N–H and O–H groups in total. The van der Waals surface area contributed by atoms with Crippen LogP contribution in [0.5, 0.6) is 5.75 Å². The molecule has 8 heteroatoms. The number of carbonyl (C=O) groups is 2. The number of aromatic carboxylic acids is 1. The van der Waals surface area contributed by atoms with E-state index in [2.05, 4.69) is 60.9 Å². The third-order valence-electron chi connectivity index (χ3n) is 7.82. The van der Waals surface area contributed by atoms with Crippen LogP contribution in [-0.4, -0.2) is 36.2 Å². The van der Waals surface area contributed by atoms with E-state index in [1.165, 1.54) is 55.4 Å². The second kappa shape index (κ2) is 34.2. The minimum atomic E-state index is -0.944. The summed E-state index contributed by atoms with van der Waals surface area (Å²) < 4.78 is 18.6. The number of allylic oxidation sites excluding steroid dienone is 1. The fraction of sp³-hybridized carbons (Fsp3) is 0.478. The second-order valence-electron chi connectivity index (χ2n) is 11.8. The predicted octanol–water partition coefficient (Wildman–Crippen LogP) is 12.4. The largest absolute Gasteiger partial charge is 0.489 e. The number of nitrogens with two attached hydrogens (primary N) is 1. The summed E-state index contributed by atoms with van der Waals surface area (Å²) in [5.74, 6) is -0.719. The smallest absolute Gasteiger partial charge is 0.335 e. The van der Waals surface area contributed by atoms with Crippen LogP contribution in [0.25, 0.3) is 6.08 Å². The number of nitrogens with one attached hydrogen (secondary N) is 2. The van der Waals surface area contributed by atoms with E-state index in [0.717, 1.165) is 31.5 Å². The molecule has 0 aliphatic heterocycles. The van der Waals surface area contributed by atoms with Crippen LogP contribution in [0.4, 0.5) is 15.8 Å². The highest BCUT2D eigenvalue weighted by Gasteiger charge is 2.14. The van der Waals surface area contributed by atoms with Crippen molar-refractivity contribution in [2.24, 2.45) is 0 Å². The van der Waals surface area contributed by atoms with Gasteiger partial charge in [-0.05, 0) is 80.5 Å². The Morgan fingerprint density at radius 2 is 1.56 bits per heavy atom. The molecule has 0 aromatic heterocycles. The fourth-order valence-corrected chi connectivity index (χ4v) is 4.89. The van der Waals surface area contributed by atoms with Crippen LogP contribution in [0.3, 0.4) is 0 Å². The van der Waals surface area contributed by atoms with Crippen LogP contribution in [0.2, 0.25) is 0 Å². The second-order valence-corrected chi connectivity index (χ2v) is 11.8. The van der Waals surface area contributed by atoms with Gasteiger partial charge in [-0.3, -0.25) is 4.79 Å². The topological polar surface area (TPSA) is 114 Å². The van der Waals surface area contributed by atoms with Crippen molar-refractivity contribution in [2.45, 2.75) is 133 Å². The van der Waals surface area contributed by atoms with E-state index >= 15 is 0 Å². The Bertz CT molecular complexity index is 1450. The number of unbranched alkanes of at least 4 members (excludes halogenated alkanes) is 1. The lowest BCUT2D eigenvalue weighted by Crippen LogP contribution is -2.23. The van der Waals surface area contributed by atoms with E-state index in [4.69, 9.17) is 15.6 Å². The van der Waals surface area contributed by atoms with Crippen LogP contribution in [0, 0.1) is 12.7 Å². The number of aryl methyl sites for hydroxylation is 2. The summed E-state index contributed by atoms with van der Waals surface area (Å²) in [7, 11) is 0. The van der Waals surface area contributed by atoms with Crippen molar-refractivity contribution >= 4 is 29.3 Å². The first-order valence-corrected chi connectivity index (χ1v) is 20.1. The number of anilines is 2. The summed E-state index contributed by atoms with van der Waals surface area (Å²) >= 11 is 0. The number of nitrogen functional groups attached to an aromatic ring is 1.